The molecular weight excluding hydrogens is 198 g/mol. The van der Waals surface area contributed by atoms with Crippen LogP contribution in [0.1, 0.15) is 55.1 Å². The summed E-state index contributed by atoms with van der Waals surface area (Å²) in [6.45, 7) is 4.34. The molecule has 0 unspecified atom stereocenters. The number of nitrogens with one attached hydrogen (secondary N) is 1. The number of fused-ring (bicyclic) bond motifs is 1. The number of aromatic nitrogens is 2. The van der Waals surface area contributed by atoms with E-state index in [4.69, 9.17) is 5.10 Å². The zero-order chi connectivity index (χ0) is 11.0. The fraction of sp³-hybridized carbons (Fsp3) is 0.769. The van der Waals surface area contributed by atoms with E-state index in [2.05, 4.69) is 16.9 Å². The topological polar surface area (TPSA) is 29.9 Å². The zero-order valence-electron chi connectivity index (χ0n) is 10.1. The highest BCUT2D eigenvalue weighted by atomic mass is 15.3. The third-order valence-corrected chi connectivity index (χ3v) is 4.12. The van der Waals surface area contributed by atoms with Gasteiger partial charge in [-0.3, -0.25) is 4.68 Å². The molecule has 2 aliphatic rings. The zero-order valence-corrected chi connectivity index (χ0v) is 10.1. The molecule has 3 rings (SSSR count). The number of hydrogen-bond acceptors (Lipinski definition) is 2. The van der Waals surface area contributed by atoms with Crippen molar-refractivity contribution in [1.82, 2.24) is 15.1 Å². The largest absolute Gasteiger partial charge is 0.311 e. The number of rotatable bonds is 1. The molecule has 1 aliphatic carbocycles. The minimum Gasteiger partial charge on any atom is -0.311 e. The van der Waals surface area contributed by atoms with Gasteiger partial charge in [0.2, 0.25) is 0 Å². The highest BCUT2D eigenvalue weighted by Gasteiger charge is 2.23. The van der Waals surface area contributed by atoms with E-state index in [0.717, 1.165) is 19.5 Å². The van der Waals surface area contributed by atoms with Crippen LogP contribution in [0.5, 0.6) is 0 Å². The molecule has 0 amide bonds. The van der Waals surface area contributed by atoms with Crippen LogP contribution in [0.25, 0.3) is 0 Å². The van der Waals surface area contributed by atoms with Crippen molar-refractivity contribution in [3.63, 3.8) is 0 Å². The lowest BCUT2D eigenvalue weighted by Crippen LogP contribution is -2.23. The normalized spacial score (nSPS) is 22.1. The summed E-state index contributed by atoms with van der Waals surface area (Å²) < 4.78 is 2.33. The lowest BCUT2D eigenvalue weighted by atomic mass is 9.95. The molecule has 0 atom stereocenters. The molecule has 1 saturated carbocycles. The second-order valence-corrected chi connectivity index (χ2v) is 5.17. The maximum absolute atomic E-state index is 4.83. The van der Waals surface area contributed by atoms with Crippen molar-refractivity contribution in [3.8, 4) is 0 Å². The first-order chi connectivity index (χ1) is 7.86. The summed E-state index contributed by atoms with van der Waals surface area (Å²) in [4.78, 5) is 0. The van der Waals surface area contributed by atoms with Gasteiger partial charge in [-0.05, 0) is 38.3 Å². The van der Waals surface area contributed by atoms with Gasteiger partial charge in [0.05, 0.1) is 11.7 Å². The van der Waals surface area contributed by atoms with Crippen molar-refractivity contribution in [1.29, 1.82) is 0 Å². The van der Waals surface area contributed by atoms with Crippen LogP contribution < -0.4 is 5.32 Å². The fourth-order valence-electron chi connectivity index (χ4n) is 3.18. The second-order valence-electron chi connectivity index (χ2n) is 5.17. The standard InChI is InChI=1S/C13H21N3/c1-10-12-7-8-14-9-13(12)15-16(10)11-5-3-2-4-6-11/h11,14H,2-9H2,1H3. The van der Waals surface area contributed by atoms with Gasteiger partial charge in [0, 0.05) is 12.2 Å². The number of hydrogen-bond donors (Lipinski definition) is 1. The molecule has 3 nitrogen and oxygen atoms in total. The van der Waals surface area contributed by atoms with E-state index in [1.807, 2.05) is 0 Å². The Bertz CT molecular complexity index is 375. The Morgan fingerprint density at radius 2 is 2.06 bits per heavy atom. The van der Waals surface area contributed by atoms with Crippen LogP contribution in [0.15, 0.2) is 0 Å². The number of nitrogens with zero attached hydrogens (tertiary/aromatic N) is 2. The summed E-state index contributed by atoms with van der Waals surface area (Å²) in [5.41, 5.74) is 4.25. The van der Waals surface area contributed by atoms with Crippen LogP contribution in [0.3, 0.4) is 0 Å². The van der Waals surface area contributed by atoms with Gasteiger partial charge in [0.1, 0.15) is 0 Å². The molecule has 1 aromatic heterocycles. The monoisotopic (exact) mass is 219 g/mol. The summed E-state index contributed by atoms with van der Waals surface area (Å²) in [7, 11) is 0. The lowest BCUT2D eigenvalue weighted by molar-refractivity contribution is 0.323. The van der Waals surface area contributed by atoms with Crippen LogP contribution in [0.4, 0.5) is 0 Å². The third kappa shape index (κ3) is 1.67. The molecule has 3 heteroatoms. The summed E-state index contributed by atoms with van der Waals surface area (Å²) in [6, 6.07) is 0.680. The van der Waals surface area contributed by atoms with Crippen LogP contribution >= 0.6 is 0 Å². The predicted molar refractivity (Wildman–Crippen MR) is 64.5 cm³/mol. The van der Waals surface area contributed by atoms with Crippen molar-refractivity contribution in [2.24, 2.45) is 0 Å². The molecule has 16 heavy (non-hydrogen) atoms. The molecule has 88 valence electrons. The summed E-state index contributed by atoms with van der Waals surface area (Å²) in [5, 5.41) is 8.24. The molecular formula is C13H21N3. The molecule has 1 fully saturated rings. The Kier molecular flexibility index (Phi) is 2.72. The van der Waals surface area contributed by atoms with E-state index in [1.165, 1.54) is 49.1 Å². The van der Waals surface area contributed by atoms with Crippen molar-refractivity contribution < 1.29 is 0 Å². The van der Waals surface area contributed by atoms with Gasteiger partial charge in [-0.1, -0.05) is 19.3 Å². The molecule has 0 spiro atoms. The summed E-state index contributed by atoms with van der Waals surface area (Å²) in [5.74, 6) is 0. The molecule has 0 radical (unpaired) electrons. The highest BCUT2D eigenvalue weighted by molar-refractivity contribution is 5.28. The first kappa shape index (κ1) is 10.3. The van der Waals surface area contributed by atoms with Gasteiger partial charge in [-0.25, -0.2) is 0 Å². The highest BCUT2D eigenvalue weighted by Crippen LogP contribution is 2.30. The third-order valence-electron chi connectivity index (χ3n) is 4.12. The molecule has 0 bridgehead atoms. The van der Waals surface area contributed by atoms with E-state index in [-0.39, 0.29) is 0 Å². The maximum atomic E-state index is 4.83. The van der Waals surface area contributed by atoms with E-state index in [9.17, 15) is 0 Å². The Morgan fingerprint density at radius 1 is 1.25 bits per heavy atom. The average molecular weight is 219 g/mol. The van der Waals surface area contributed by atoms with E-state index in [1.54, 1.807) is 0 Å². The first-order valence-electron chi connectivity index (χ1n) is 6.64. The Labute approximate surface area is 97.2 Å². The van der Waals surface area contributed by atoms with Gasteiger partial charge >= 0.3 is 0 Å². The SMILES string of the molecule is Cc1c2c(nn1C1CCCCC1)CNCC2. The smallest absolute Gasteiger partial charge is 0.0797 e. The van der Waals surface area contributed by atoms with Crippen molar-refractivity contribution in [2.75, 3.05) is 6.54 Å². The summed E-state index contributed by atoms with van der Waals surface area (Å²) in [6.07, 6.45) is 8.00. The second kappa shape index (κ2) is 4.21. The molecule has 0 saturated heterocycles. The predicted octanol–water partition coefficient (Wildman–Crippen LogP) is 2.34. The van der Waals surface area contributed by atoms with E-state index >= 15 is 0 Å². The van der Waals surface area contributed by atoms with E-state index < -0.39 is 0 Å². The molecule has 2 heterocycles. The lowest BCUT2D eigenvalue weighted by Gasteiger charge is -2.23. The summed E-state index contributed by atoms with van der Waals surface area (Å²) >= 11 is 0. The minimum absolute atomic E-state index is 0.680. The molecule has 1 aliphatic heterocycles. The van der Waals surface area contributed by atoms with Crippen LogP contribution in [-0.2, 0) is 13.0 Å². The van der Waals surface area contributed by atoms with Crippen molar-refractivity contribution in [2.45, 2.75) is 58.0 Å². The first-order valence-corrected chi connectivity index (χ1v) is 6.64. The van der Waals surface area contributed by atoms with Crippen molar-refractivity contribution in [3.05, 3.63) is 17.0 Å². The molecule has 0 aromatic carbocycles. The maximum Gasteiger partial charge on any atom is 0.0797 e. The molecule has 1 aromatic rings. The van der Waals surface area contributed by atoms with Crippen LogP contribution in [-0.4, -0.2) is 16.3 Å². The Hall–Kier alpha value is -0.830. The minimum atomic E-state index is 0.680. The Morgan fingerprint density at radius 3 is 2.81 bits per heavy atom. The van der Waals surface area contributed by atoms with Crippen LogP contribution in [0, 0.1) is 6.92 Å². The van der Waals surface area contributed by atoms with Gasteiger partial charge in [-0.15, -0.1) is 0 Å². The van der Waals surface area contributed by atoms with Gasteiger partial charge in [-0.2, -0.15) is 5.10 Å². The van der Waals surface area contributed by atoms with Crippen LogP contribution in [0.2, 0.25) is 0 Å². The fourth-order valence-corrected chi connectivity index (χ4v) is 3.18. The molecule has 1 N–H and O–H groups in total. The quantitative estimate of drug-likeness (QED) is 0.785. The average Bonchev–Trinajstić information content (AvgIpc) is 2.69. The van der Waals surface area contributed by atoms with Gasteiger partial charge < -0.3 is 5.32 Å². The van der Waals surface area contributed by atoms with Gasteiger partial charge in [0.15, 0.2) is 0 Å². The van der Waals surface area contributed by atoms with Crippen molar-refractivity contribution >= 4 is 0 Å². The Balaban J connectivity index is 1.91. The van der Waals surface area contributed by atoms with E-state index in [0.29, 0.717) is 6.04 Å². The van der Waals surface area contributed by atoms with Gasteiger partial charge in [0.25, 0.3) is 0 Å².